The van der Waals surface area contributed by atoms with Crippen LogP contribution in [-0.4, -0.2) is 108 Å². The average Bonchev–Trinajstić information content (AvgIpc) is 4.18. The lowest BCUT2D eigenvalue weighted by Crippen LogP contribution is -2.57. The molecule has 2 aromatic carbocycles. The van der Waals surface area contributed by atoms with E-state index in [1.54, 1.807) is 33.5 Å². The number of alkyl carbamates (subject to hydrolysis) is 2. The third-order valence-electron chi connectivity index (χ3n) is 15.2. The van der Waals surface area contributed by atoms with Crippen molar-refractivity contribution in [2.45, 2.75) is 127 Å². The average molecular weight is 1010 g/mol. The molecule has 2 aliphatic carbocycles. The number of hydrogen-bond donors (Lipinski definition) is 4. The van der Waals surface area contributed by atoms with Gasteiger partial charge in [0.05, 0.1) is 76.7 Å². The van der Waals surface area contributed by atoms with Gasteiger partial charge in [0.2, 0.25) is 18.0 Å². The second-order valence-corrected chi connectivity index (χ2v) is 21.8. The van der Waals surface area contributed by atoms with E-state index in [1.165, 1.54) is 47.0 Å². The van der Waals surface area contributed by atoms with Crippen LogP contribution < -0.4 is 15.4 Å². The molecule has 20 heteroatoms. The first-order chi connectivity index (χ1) is 34.6. The summed E-state index contributed by atoms with van der Waals surface area (Å²) in [7, 11) is 2.43. The highest BCUT2D eigenvalue weighted by molar-refractivity contribution is 7.11. The topological polar surface area (TPSA) is 202 Å². The number of likely N-dealkylation sites (tertiary alicyclic amines) is 2. The smallest absolute Gasteiger partial charge is 0.407 e. The van der Waals surface area contributed by atoms with Crippen molar-refractivity contribution >= 4 is 46.2 Å². The fraction of sp³-hybridized carbons (Fsp3) is 0.481. The Hall–Kier alpha value is -6.83. The zero-order valence-corrected chi connectivity index (χ0v) is 41.8. The molecule has 2 saturated carbocycles. The van der Waals surface area contributed by atoms with E-state index in [4.69, 9.17) is 29.2 Å². The van der Waals surface area contributed by atoms with Crippen molar-refractivity contribution in [3.63, 3.8) is 0 Å². The van der Waals surface area contributed by atoms with Crippen LogP contribution >= 0.6 is 11.3 Å². The summed E-state index contributed by atoms with van der Waals surface area (Å²) in [5.74, 6) is 0.688. The first-order valence-corrected chi connectivity index (χ1v) is 25.6. The number of imidazole rings is 2. The van der Waals surface area contributed by atoms with E-state index >= 15 is 8.78 Å². The SMILES string of the molecule is COC(=O)NC(C(=O)N1[C@@H]2C[C@@H]2C[C@H]1c1ncc(-c2ccc3c(c2)cc2n3C(c3cnc(C4CCCC4)s3)Oc3cc(-c4cnc([C@@H]5CCCN5C(=O)[C@@H](NC(=O)OC)C(C)C)[nH]4)cc(F)c3-2)[nH]1)C(C)(C)F. The van der Waals surface area contributed by atoms with Gasteiger partial charge in [-0.3, -0.25) is 14.2 Å². The van der Waals surface area contributed by atoms with Gasteiger partial charge in [0.15, 0.2) is 0 Å². The van der Waals surface area contributed by atoms with Crippen LogP contribution in [0.1, 0.15) is 125 Å². The Bertz CT molecular complexity index is 3100. The number of aromatic nitrogens is 6. The van der Waals surface area contributed by atoms with Crippen LogP contribution in [0.5, 0.6) is 5.75 Å². The summed E-state index contributed by atoms with van der Waals surface area (Å²) < 4.78 is 51.0. The number of carbonyl (C=O) groups excluding carboxylic acids is 4. The molecule has 4 amide bonds. The first-order valence-electron chi connectivity index (χ1n) is 24.8. The van der Waals surface area contributed by atoms with Crippen LogP contribution in [0.3, 0.4) is 0 Å². The molecule has 4 fully saturated rings. The van der Waals surface area contributed by atoms with E-state index in [9.17, 15) is 19.2 Å². The number of nitrogens with one attached hydrogen (secondary N) is 4. The van der Waals surface area contributed by atoms with Crippen LogP contribution in [0.15, 0.2) is 55.0 Å². The molecular formula is C52H58F2N10O7S. The highest BCUT2D eigenvalue weighted by Gasteiger charge is 2.57. The van der Waals surface area contributed by atoms with E-state index in [0.29, 0.717) is 70.9 Å². The minimum absolute atomic E-state index is 0.0781. The number of rotatable bonds is 12. The van der Waals surface area contributed by atoms with Gasteiger partial charge in [-0.2, -0.15) is 0 Å². The minimum atomic E-state index is -2.06. The van der Waals surface area contributed by atoms with Crippen molar-refractivity contribution in [1.82, 2.24) is 49.9 Å². The Labute approximate surface area is 418 Å². The Morgan fingerprint density at radius 3 is 2.26 bits per heavy atom. The number of piperidine rings is 1. The zero-order chi connectivity index (χ0) is 50.3. The van der Waals surface area contributed by atoms with Crippen LogP contribution in [0.2, 0.25) is 0 Å². The highest BCUT2D eigenvalue weighted by Crippen LogP contribution is 2.54. The maximum Gasteiger partial charge on any atom is 0.407 e. The maximum atomic E-state index is 17.0. The number of halogens is 2. The lowest BCUT2D eigenvalue weighted by molar-refractivity contribution is -0.139. The molecule has 11 rings (SSSR count). The van der Waals surface area contributed by atoms with Crippen LogP contribution in [-0.2, 0) is 19.1 Å². The van der Waals surface area contributed by atoms with Gasteiger partial charge in [-0.15, -0.1) is 11.3 Å². The van der Waals surface area contributed by atoms with Crippen molar-refractivity contribution in [2.24, 2.45) is 11.8 Å². The third-order valence-corrected chi connectivity index (χ3v) is 16.4. The zero-order valence-electron chi connectivity index (χ0n) is 41.0. The van der Waals surface area contributed by atoms with Gasteiger partial charge in [-0.05, 0) is 94.5 Å². The summed E-state index contributed by atoms with van der Waals surface area (Å²) in [5, 5.41) is 7.00. The molecule has 7 heterocycles. The lowest BCUT2D eigenvalue weighted by Gasteiger charge is -2.34. The molecule has 0 spiro atoms. The number of carbonyl (C=O) groups is 4. The molecule has 6 aromatic rings. The molecule has 4 aromatic heterocycles. The predicted octanol–water partition coefficient (Wildman–Crippen LogP) is 9.46. The second kappa shape index (κ2) is 18.3. The molecular weight excluding hydrogens is 947 g/mol. The molecule has 0 radical (unpaired) electrons. The quantitative estimate of drug-likeness (QED) is 0.0915. The van der Waals surface area contributed by atoms with Crippen molar-refractivity contribution < 1.29 is 42.2 Å². The number of ether oxygens (including phenoxy) is 3. The number of methoxy groups -OCH3 is 2. The normalized spacial score (nSPS) is 22.3. The number of benzene rings is 2. The molecule has 378 valence electrons. The van der Waals surface area contributed by atoms with Crippen LogP contribution in [0.25, 0.3) is 44.7 Å². The van der Waals surface area contributed by atoms with Crippen molar-refractivity contribution in [3.8, 4) is 39.5 Å². The van der Waals surface area contributed by atoms with Crippen molar-refractivity contribution in [3.05, 3.63) is 82.3 Å². The summed E-state index contributed by atoms with van der Waals surface area (Å²) in [4.78, 5) is 77.8. The molecule has 0 bridgehead atoms. The fourth-order valence-electron chi connectivity index (χ4n) is 11.4. The molecule has 4 N–H and O–H groups in total. The first kappa shape index (κ1) is 47.5. The number of aromatic amines is 2. The second-order valence-electron chi connectivity index (χ2n) is 20.7. The molecule has 2 unspecified atom stereocenters. The largest absolute Gasteiger partial charge is 0.464 e. The summed E-state index contributed by atoms with van der Waals surface area (Å²) in [5.41, 5.74) is 2.30. The Balaban J connectivity index is 0.917. The molecule has 7 atom stereocenters. The fourth-order valence-corrected chi connectivity index (χ4v) is 12.5. The molecule has 2 saturated heterocycles. The van der Waals surface area contributed by atoms with E-state index < -0.39 is 53.9 Å². The minimum Gasteiger partial charge on any atom is -0.464 e. The van der Waals surface area contributed by atoms with Gasteiger partial charge < -0.3 is 44.6 Å². The van der Waals surface area contributed by atoms with Gasteiger partial charge >= 0.3 is 12.2 Å². The summed E-state index contributed by atoms with van der Waals surface area (Å²) >= 11 is 1.63. The monoisotopic (exact) mass is 1000 g/mol. The maximum absolute atomic E-state index is 17.0. The number of fused-ring (bicyclic) bond motifs is 6. The summed E-state index contributed by atoms with van der Waals surface area (Å²) in [6.07, 6.45) is 10.4. The van der Waals surface area contributed by atoms with Crippen LogP contribution in [0.4, 0.5) is 18.4 Å². The van der Waals surface area contributed by atoms with Gasteiger partial charge in [-0.25, -0.2) is 33.3 Å². The number of nitrogens with zero attached hydrogens (tertiary/aromatic N) is 6. The van der Waals surface area contributed by atoms with Gasteiger partial charge in [0.1, 0.15) is 41.0 Å². The van der Waals surface area contributed by atoms with Gasteiger partial charge in [0, 0.05) is 41.2 Å². The van der Waals surface area contributed by atoms with Gasteiger partial charge in [-0.1, -0.05) is 32.8 Å². The number of H-pyrrole nitrogens is 2. The number of alkyl halides is 1. The van der Waals surface area contributed by atoms with Crippen LogP contribution in [0, 0.1) is 17.7 Å². The summed E-state index contributed by atoms with van der Waals surface area (Å²) in [6.45, 7) is 6.75. The lowest BCUT2D eigenvalue weighted by atomic mass is 9.98. The molecule has 17 nitrogen and oxygen atoms in total. The number of thiazole rings is 1. The van der Waals surface area contributed by atoms with Crippen molar-refractivity contribution in [1.29, 1.82) is 0 Å². The van der Waals surface area contributed by atoms with E-state index in [2.05, 4.69) is 20.6 Å². The number of amides is 4. The van der Waals surface area contributed by atoms with E-state index in [-0.39, 0.29) is 29.8 Å². The van der Waals surface area contributed by atoms with Crippen molar-refractivity contribution in [2.75, 3.05) is 20.8 Å². The van der Waals surface area contributed by atoms with E-state index in [0.717, 1.165) is 52.0 Å². The Kier molecular flexibility index (Phi) is 12.1. The van der Waals surface area contributed by atoms with E-state index in [1.807, 2.05) is 54.9 Å². The molecule has 5 aliphatic rings. The molecule has 72 heavy (non-hydrogen) atoms. The Morgan fingerprint density at radius 1 is 0.847 bits per heavy atom. The summed E-state index contributed by atoms with van der Waals surface area (Å²) in [6, 6.07) is 8.13. The highest BCUT2D eigenvalue weighted by atomic mass is 32.1. The number of hydrogen-bond acceptors (Lipinski definition) is 11. The molecule has 3 aliphatic heterocycles. The Morgan fingerprint density at radius 2 is 1.56 bits per heavy atom. The third kappa shape index (κ3) is 8.43. The standard InChI is InChI=1S/C52H58F2N10O7S/c1-25(2)42(60-50(67)69-5)47(65)62-15-9-12-35(62)44-55-23-33(59-44)28-17-31(53)41-37-19-29-16-27(13-14-34(29)64(37)49(71-39(41)21-28)40-24-57-46(72-40)26-10-7-8-11-26)32-22-56-45(58-32)38-20-30-18-36(30)63(38)48(66)43(52(3,4)54)61-51(68)70-6/h13-14,16-17,19,21-26,30,35-36,38,42-43,49H,7-12,15,18,20H2,1-6H3,(H,55,59)(H,56,58)(H,60,67)(H,61,68)/t30-,35+,36-,38+,42+,43?,49?/m1/s1. The predicted molar refractivity (Wildman–Crippen MR) is 263 cm³/mol. The van der Waals surface area contributed by atoms with Gasteiger partial charge in [0.25, 0.3) is 0 Å².